The van der Waals surface area contributed by atoms with Crippen LogP contribution >= 0.6 is 7.92 Å². The van der Waals surface area contributed by atoms with Crippen molar-refractivity contribution in [1.82, 2.24) is 0 Å². The summed E-state index contributed by atoms with van der Waals surface area (Å²) in [4.78, 5) is 0. The fourth-order valence-corrected chi connectivity index (χ4v) is 7.55. The van der Waals surface area contributed by atoms with Gasteiger partial charge in [-0.3, -0.25) is 0 Å². The van der Waals surface area contributed by atoms with Crippen LogP contribution in [0.15, 0.2) is 0 Å². The highest BCUT2D eigenvalue weighted by Crippen LogP contribution is 2.70. The molecule has 0 aromatic heterocycles. The lowest BCUT2D eigenvalue weighted by Crippen LogP contribution is -2.47. The number of hydrogen-bond acceptors (Lipinski definition) is 0. The Bertz CT molecular complexity index is 295. The van der Waals surface area contributed by atoms with Gasteiger partial charge in [0.2, 0.25) is 0 Å². The van der Waals surface area contributed by atoms with Crippen molar-refractivity contribution < 1.29 is 0 Å². The maximum atomic E-state index is 2.55. The van der Waals surface area contributed by atoms with Gasteiger partial charge >= 0.3 is 0 Å². The van der Waals surface area contributed by atoms with Gasteiger partial charge < -0.3 is 0 Å². The Morgan fingerprint density at radius 2 is 1.06 bits per heavy atom. The van der Waals surface area contributed by atoms with E-state index in [4.69, 9.17) is 0 Å². The Hall–Kier alpha value is 0.430. The molecule has 1 heterocycles. The topological polar surface area (TPSA) is 0 Å². The lowest BCUT2D eigenvalue weighted by molar-refractivity contribution is 0.0594. The first kappa shape index (κ1) is 14.8. The third-order valence-electron chi connectivity index (χ3n) is 6.10. The molecule has 0 amide bonds. The lowest BCUT2D eigenvalue weighted by atomic mass is 9.59. The summed E-state index contributed by atoms with van der Waals surface area (Å²) in [5.41, 5.74) is 1.28. The van der Waals surface area contributed by atoms with Crippen molar-refractivity contribution in [1.29, 1.82) is 0 Å². The van der Waals surface area contributed by atoms with Gasteiger partial charge in [-0.1, -0.05) is 49.5 Å². The zero-order chi connectivity index (χ0) is 13.8. The second-order valence-electron chi connectivity index (χ2n) is 9.20. The molecule has 0 unspecified atom stereocenters. The minimum Gasteiger partial charge on any atom is -0.0982 e. The zero-order valence-electron chi connectivity index (χ0n) is 13.7. The highest BCUT2D eigenvalue weighted by atomic mass is 31.1. The predicted octanol–water partition coefficient (Wildman–Crippen LogP) is 6.04. The van der Waals surface area contributed by atoms with E-state index >= 15 is 0 Å². The molecule has 0 radical (unpaired) electrons. The Kier molecular flexibility index (Phi) is 3.47. The average molecular weight is 268 g/mol. The summed E-state index contributed by atoms with van der Waals surface area (Å²) in [5.74, 6) is 0. The summed E-state index contributed by atoms with van der Waals surface area (Å²) in [5, 5.41) is 1.16. The van der Waals surface area contributed by atoms with Crippen LogP contribution < -0.4 is 0 Å². The van der Waals surface area contributed by atoms with Crippen LogP contribution in [-0.4, -0.2) is 17.0 Å². The highest BCUT2D eigenvalue weighted by molar-refractivity contribution is 7.60. The molecule has 106 valence electrons. The number of hydrogen-bond donors (Lipinski definition) is 0. The van der Waals surface area contributed by atoms with E-state index in [1.54, 1.807) is 0 Å². The third kappa shape index (κ3) is 2.65. The zero-order valence-corrected chi connectivity index (χ0v) is 14.6. The van der Waals surface area contributed by atoms with Gasteiger partial charge in [-0.2, -0.15) is 0 Å². The quantitative estimate of drug-likeness (QED) is 0.470. The van der Waals surface area contributed by atoms with Crippen LogP contribution in [0.1, 0.15) is 80.1 Å². The van der Waals surface area contributed by atoms with E-state index in [1.807, 2.05) is 0 Å². The normalized spacial score (nSPS) is 36.5. The fourth-order valence-electron chi connectivity index (χ4n) is 4.77. The SMILES string of the molecule is CP1C(C)(C)CC2(CCC(C)(C)CC2)CC1(C)C. The van der Waals surface area contributed by atoms with Crippen molar-refractivity contribution in [2.75, 3.05) is 6.66 Å². The van der Waals surface area contributed by atoms with E-state index in [0.29, 0.717) is 21.1 Å². The van der Waals surface area contributed by atoms with Crippen molar-refractivity contribution in [2.24, 2.45) is 10.8 Å². The van der Waals surface area contributed by atoms with Crippen LogP contribution in [0.3, 0.4) is 0 Å². The molecule has 0 bridgehead atoms. The Labute approximate surface area is 116 Å². The second-order valence-corrected chi connectivity index (χ2v) is 12.7. The summed E-state index contributed by atoms with van der Waals surface area (Å²) in [6, 6.07) is 0. The fraction of sp³-hybridized carbons (Fsp3) is 1.00. The first-order chi connectivity index (χ1) is 7.98. The minimum atomic E-state index is 0.147. The van der Waals surface area contributed by atoms with Gasteiger partial charge in [-0.05, 0) is 66.3 Å². The molecule has 0 N–H and O–H groups in total. The van der Waals surface area contributed by atoms with Gasteiger partial charge in [-0.15, -0.1) is 0 Å². The minimum absolute atomic E-state index is 0.147. The predicted molar refractivity (Wildman–Crippen MR) is 84.9 cm³/mol. The molecule has 2 aliphatic rings. The van der Waals surface area contributed by atoms with Crippen molar-refractivity contribution in [2.45, 2.75) is 90.4 Å². The standard InChI is InChI=1S/C17H33P/c1-14(2)8-10-17(11-9-14)12-15(3,4)18(7)16(5,6)13-17/h8-13H2,1-7H3. The van der Waals surface area contributed by atoms with Gasteiger partial charge in [0, 0.05) is 0 Å². The van der Waals surface area contributed by atoms with Crippen molar-refractivity contribution in [3.8, 4) is 0 Å². The first-order valence-electron chi connectivity index (χ1n) is 7.72. The van der Waals surface area contributed by atoms with Crippen molar-refractivity contribution in [3.05, 3.63) is 0 Å². The number of rotatable bonds is 0. The van der Waals surface area contributed by atoms with Crippen LogP contribution in [0.25, 0.3) is 0 Å². The van der Waals surface area contributed by atoms with Crippen molar-refractivity contribution in [3.63, 3.8) is 0 Å². The molecule has 2 rings (SSSR count). The van der Waals surface area contributed by atoms with Crippen LogP contribution in [0, 0.1) is 10.8 Å². The van der Waals surface area contributed by atoms with E-state index in [0.717, 1.165) is 0 Å². The van der Waals surface area contributed by atoms with Crippen molar-refractivity contribution >= 4 is 7.92 Å². The summed E-state index contributed by atoms with van der Waals surface area (Å²) in [7, 11) is 0.147. The Morgan fingerprint density at radius 1 is 0.667 bits per heavy atom. The average Bonchev–Trinajstić information content (AvgIpc) is 2.19. The van der Waals surface area contributed by atoms with E-state index in [9.17, 15) is 0 Å². The van der Waals surface area contributed by atoms with Crippen LogP contribution in [0.4, 0.5) is 0 Å². The molecule has 0 atom stereocenters. The molecule has 1 saturated carbocycles. The summed E-state index contributed by atoms with van der Waals surface area (Å²) < 4.78 is 0. The summed E-state index contributed by atoms with van der Waals surface area (Å²) >= 11 is 0. The maximum absolute atomic E-state index is 2.55. The molecule has 1 aliphatic heterocycles. The summed E-state index contributed by atoms with van der Waals surface area (Å²) in [6.07, 6.45) is 8.83. The molecular formula is C17H33P. The molecule has 1 saturated heterocycles. The first-order valence-corrected chi connectivity index (χ1v) is 9.51. The van der Waals surface area contributed by atoms with E-state index in [-0.39, 0.29) is 7.92 Å². The Balaban J connectivity index is 2.21. The lowest BCUT2D eigenvalue weighted by Gasteiger charge is -2.59. The molecule has 0 aromatic rings. The Morgan fingerprint density at radius 3 is 1.44 bits per heavy atom. The van der Waals surface area contributed by atoms with Gasteiger partial charge in [0.15, 0.2) is 0 Å². The molecule has 0 aromatic carbocycles. The van der Waals surface area contributed by atoms with Gasteiger partial charge in [-0.25, -0.2) is 0 Å². The van der Waals surface area contributed by atoms with E-state index in [2.05, 4.69) is 48.2 Å². The molecule has 0 nitrogen and oxygen atoms in total. The van der Waals surface area contributed by atoms with E-state index in [1.165, 1.54) is 38.5 Å². The molecule has 1 aliphatic carbocycles. The highest BCUT2D eigenvalue weighted by Gasteiger charge is 2.52. The maximum Gasteiger partial charge on any atom is -0.0143 e. The summed E-state index contributed by atoms with van der Waals surface area (Å²) in [6.45, 7) is 17.6. The molecule has 2 fully saturated rings. The van der Waals surface area contributed by atoms with Crippen LogP contribution in [-0.2, 0) is 0 Å². The monoisotopic (exact) mass is 268 g/mol. The van der Waals surface area contributed by atoms with E-state index < -0.39 is 0 Å². The molecule has 18 heavy (non-hydrogen) atoms. The van der Waals surface area contributed by atoms with Gasteiger partial charge in [0.1, 0.15) is 0 Å². The van der Waals surface area contributed by atoms with Gasteiger partial charge in [0.05, 0.1) is 0 Å². The second kappa shape index (κ2) is 4.21. The third-order valence-corrected chi connectivity index (χ3v) is 10.0. The van der Waals surface area contributed by atoms with Crippen LogP contribution in [0.2, 0.25) is 0 Å². The largest absolute Gasteiger partial charge is 0.0982 e. The van der Waals surface area contributed by atoms with Crippen LogP contribution in [0.5, 0.6) is 0 Å². The smallest absolute Gasteiger partial charge is 0.0143 e. The molecular weight excluding hydrogens is 235 g/mol. The van der Waals surface area contributed by atoms with Gasteiger partial charge in [0.25, 0.3) is 0 Å². The molecule has 1 heteroatoms. The molecule has 1 spiro atoms.